The molecule has 168 valence electrons. The number of aliphatic hydroxyl groups is 1. The Balaban J connectivity index is 1.51. The molecule has 2 aromatic rings. The number of carbonyl (C=O) groups excluding carboxylic acids is 1. The Morgan fingerprint density at radius 1 is 1.16 bits per heavy atom. The number of likely N-dealkylation sites (tertiary alicyclic amines) is 1. The summed E-state index contributed by atoms with van der Waals surface area (Å²) in [6, 6.07) is 7.45. The fraction of sp³-hybridized carbons (Fsp3) is 0.619. The Morgan fingerprint density at radius 3 is 2.52 bits per heavy atom. The Bertz CT molecular complexity index is 888. The van der Waals surface area contributed by atoms with Crippen LogP contribution in [0.3, 0.4) is 0 Å². The maximum absolute atomic E-state index is 12.6. The van der Waals surface area contributed by atoms with E-state index in [9.17, 15) is 9.90 Å². The van der Waals surface area contributed by atoms with E-state index in [1.165, 1.54) is 4.68 Å². The van der Waals surface area contributed by atoms with Crippen LogP contribution in [0.1, 0.15) is 45.5 Å². The van der Waals surface area contributed by atoms with Crippen LogP contribution in [0, 0.1) is 0 Å². The molecule has 2 saturated heterocycles. The zero-order valence-electron chi connectivity index (χ0n) is 18.3. The number of rotatable bonds is 4. The number of ether oxygens (including phenoxy) is 2. The molecular weight excluding hydrogens is 400 g/mol. The first-order chi connectivity index (χ1) is 14.8. The van der Waals surface area contributed by atoms with Crippen molar-refractivity contribution in [3.63, 3.8) is 0 Å². The lowest BCUT2D eigenvalue weighted by atomic mass is 10.1. The van der Waals surface area contributed by atoms with Crippen LogP contribution in [-0.2, 0) is 9.47 Å². The first-order valence-electron chi connectivity index (χ1n) is 10.7. The summed E-state index contributed by atoms with van der Waals surface area (Å²) in [5, 5.41) is 23.0. The molecule has 2 fully saturated rings. The average Bonchev–Trinajstić information content (AvgIpc) is 3.43. The molecule has 1 N–H and O–H groups in total. The zero-order chi connectivity index (χ0) is 22.0. The van der Waals surface area contributed by atoms with Crippen molar-refractivity contribution < 1.29 is 19.4 Å². The first-order valence-corrected chi connectivity index (χ1v) is 10.7. The van der Waals surface area contributed by atoms with Crippen LogP contribution in [0.5, 0.6) is 0 Å². The molecule has 4 rings (SSSR count). The Hall–Kier alpha value is -2.72. The summed E-state index contributed by atoms with van der Waals surface area (Å²) >= 11 is 0. The standard InChI is InChI=1S/C21H30N6O4/c1-21(2,3)31-20(29)26-10-4-5-17(26)18(28)19-22-23-24-27(19)16-8-6-15(7-9-16)25-11-13-30-14-12-25/h6-9,17-18,28H,4-5,10-14H2,1-3H3/t17-,18?/m1/s1. The van der Waals surface area contributed by atoms with Gasteiger partial charge in [0, 0.05) is 25.3 Å². The van der Waals surface area contributed by atoms with Crippen molar-refractivity contribution in [2.24, 2.45) is 0 Å². The van der Waals surface area contributed by atoms with Gasteiger partial charge >= 0.3 is 6.09 Å². The van der Waals surface area contributed by atoms with Crippen LogP contribution >= 0.6 is 0 Å². The number of tetrazole rings is 1. The van der Waals surface area contributed by atoms with Gasteiger partial charge in [0.15, 0.2) is 5.82 Å². The molecule has 1 unspecified atom stereocenters. The monoisotopic (exact) mass is 430 g/mol. The van der Waals surface area contributed by atoms with Gasteiger partial charge in [0.05, 0.1) is 24.9 Å². The molecule has 3 heterocycles. The molecule has 0 radical (unpaired) electrons. The second-order valence-corrected chi connectivity index (χ2v) is 8.89. The number of morpholine rings is 1. The van der Waals surface area contributed by atoms with Crippen molar-refractivity contribution in [2.75, 3.05) is 37.7 Å². The van der Waals surface area contributed by atoms with Crippen molar-refractivity contribution in [2.45, 2.75) is 51.4 Å². The molecule has 2 atom stereocenters. The number of hydrogen-bond acceptors (Lipinski definition) is 8. The van der Waals surface area contributed by atoms with Crippen molar-refractivity contribution in [3.8, 4) is 5.69 Å². The lowest BCUT2D eigenvalue weighted by Crippen LogP contribution is -2.42. The molecule has 31 heavy (non-hydrogen) atoms. The second kappa shape index (κ2) is 8.80. The smallest absolute Gasteiger partial charge is 0.410 e. The average molecular weight is 431 g/mol. The summed E-state index contributed by atoms with van der Waals surface area (Å²) in [7, 11) is 0. The molecule has 0 bridgehead atoms. The van der Waals surface area contributed by atoms with Crippen LogP contribution in [0.25, 0.3) is 5.69 Å². The molecule has 1 amide bonds. The van der Waals surface area contributed by atoms with Gasteiger partial charge in [-0.3, -0.25) is 0 Å². The maximum Gasteiger partial charge on any atom is 0.410 e. The molecule has 1 aromatic carbocycles. The number of amides is 1. The molecule has 0 spiro atoms. The molecule has 10 heteroatoms. The van der Waals surface area contributed by atoms with E-state index in [0.29, 0.717) is 18.8 Å². The third-order valence-corrected chi connectivity index (χ3v) is 5.52. The van der Waals surface area contributed by atoms with E-state index in [-0.39, 0.29) is 0 Å². The Labute approximate surface area is 181 Å². The molecule has 0 aliphatic carbocycles. The quantitative estimate of drug-likeness (QED) is 0.784. The lowest BCUT2D eigenvalue weighted by Gasteiger charge is -2.30. The molecule has 10 nitrogen and oxygen atoms in total. The van der Waals surface area contributed by atoms with Crippen molar-refractivity contribution in [1.29, 1.82) is 0 Å². The van der Waals surface area contributed by atoms with Crippen LogP contribution in [0.15, 0.2) is 24.3 Å². The van der Waals surface area contributed by atoms with E-state index in [4.69, 9.17) is 9.47 Å². The molecule has 2 aliphatic heterocycles. The number of benzene rings is 1. The van der Waals surface area contributed by atoms with Gasteiger partial charge in [0.2, 0.25) is 0 Å². The first kappa shape index (κ1) is 21.5. The Kier molecular flexibility index (Phi) is 6.10. The lowest BCUT2D eigenvalue weighted by molar-refractivity contribution is 0.00308. The van der Waals surface area contributed by atoms with E-state index in [1.807, 2.05) is 45.0 Å². The fourth-order valence-corrected chi connectivity index (χ4v) is 4.03. The van der Waals surface area contributed by atoms with Crippen molar-refractivity contribution in [3.05, 3.63) is 30.1 Å². The predicted octanol–water partition coefficient (Wildman–Crippen LogP) is 1.93. The number of aromatic nitrogens is 4. The summed E-state index contributed by atoms with van der Waals surface area (Å²) in [6.07, 6.45) is -0.00750. The summed E-state index contributed by atoms with van der Waals surface area (Å²) < 4.78 is 12.4. The van der Waals surface area contributed by atoms with Gasteiger partial charge < -0.3 is 24.4 Å². The van der Waals surface area contributed by atoms with Crippen LogP contribution in [0.2, 0.25) is 0 Å². The Morgan fingerprint density at radius 2 is 1.84 bits per heavy atom. The van der Waals surface area contributed by atoms with E-state index < -0.39 is 23.8 Å². The molecular formula is C21H30N6O4. The molecule has 2 aliphatic rings. The van der Waals surface area contributed by atoms with E-state index in [2.05, 4.69) is 20.4 Å². The van der Waals surface area contributed by atoms with Crippen molar-refractivity contribution in [1.82, 2.24) is 25.1 Å². The van der Waals surface area contributed by atoms with Crippen LogP contribution in [-0.4, -0.2) is 80.8 Å². The van der Waals surface area contributed by atoms with Gasteiger partial charge in [-0.25, -0.2) is 4.79 Å². The highest BCUT2D eigenvalue weighted by atomic mass is 16.6. The molecule has 0 saturated carbocycles. The minimum atomic E-state index is -1.02. The third kappa shape index (κ3) is 4.80. The summed E-state index contributed by atoms with van der Waals surface area (Å²) in [4.78, 5) is 16.5. The number of hydrogen-bond donors (Lipinski definition) is 1. The summed E-state index contributed by atoms with van der Waals surface area (Å²) in [6.45, 7) is 9.18. The highest BCUT2D eigenvalue weighted by Gasteiger charge is 2.39. The topological polar surface area (TPSA) is 106 Å². The predicted molar refractivity (Wildman–Crippen MR) is 113 cm³/mol. The van der Waals surface area contributed by atoms with Gasteiger partial charge in [-0.2, -0.15) is 4.68 Å². The van der Waals surface area contributed by atoms with Gasteiger partial charge in [-0.15, -0.1) is 5.10 Å². The fourth-order valence-electron chi connectivity index (χ4n) is 4.03. The largest absolute Gasteiger partial charge is 0.444 e. The minimum Gasteiger partial charge on any atom is -0.444 e. The number of nitrogens with zero attached hydrogens (tertiary/aromatic N) is 6. The van der Waals surface area contributed by atoms with Gasteiger partial charge in [0.25, 0.3) is 0 Å². The van der Waals surface area contributed by atoms with Crippen LogP contribution in [0.4, 0.5) is 10.5 Å². The number of anilines is 1. The van der Waals surface area contributed by atoms with E-state index >= 15 is 0 Å². The maximum atomic E-state index is 12.6. The number of carbonyl (C=O) groups is 1. The normalized spacial score (nSPS) is 20.7. The van der Waals surface area contributed by atoms with Gasteiger partial charge in [-0.1, -0.05) is 0 Å². The van der Waals surface area contributed by atoms with Gasteiger partial charge in [-0.05, 0) is 68.3 Å². The highest BCUT2D eigenvalue weighted by Crippen LogP contribution is 2.30. The SMILES string of the molecule is CC(C)(C)OC(=O)N1CCC[C@@H]1C(O)c1nnnn1-c1ccc(N2CCOCC2)cc1. The summed E-state index contributed by atoms with van der Waals surface area (Å²) in [5.74, 6) is 0.305. The van der Waals surface area contributed by atoms with Gasteiger partial charge in [0.1, 0.15) is 11.7 Å². The van der Waals surface area contributed by atoms with Crippen LogP contribution < -0.4 is 4.90 Å². The third-order valence-electron chi connectivity index (χ3n) is 5.52. The second-order valence-electron chi connectivity index (χ2n) is 8.89. The van der Waals surface area contributed by atoms with Crippen molar-refractivity contribution >= 4 is 11.8 Å². The van der Waals surface area contributed by atoms with E-state index in [1.54, 1.807) is 4.90 Å². The van der Waals surface area contributed by atoms with E-state index in [0.717, 1.165) is 44.1 Å². The summed E-state index contributed by atoms with van der Waals surface area (Å²) in [5.41, 5.74) is 1.26. The molecule has 1 aromatic heterocycles. The highest BCUT2D eigenvalue weighted by molar-refractivity contribution is 5.69. The zero-order valence-corrected chi connectivity index (χ0v) is 18.3. The minimum absolute atomic E-state index is 0.305. The number of aliphatic hydroxyl groups excluding tert-OH is 1.